The highest BCUT2D eigenvalue weighted by molar-refractivity contribution is 9.08. The number of nitriles is 1. The lowest BCUT2D eigenvalue weighted by atomic mass is 9.94. The van der Waals surface area contributed by atoms with Gasteiger partial charge < -0.3 is 0 Å². The van der Waals surface area contributed by atoms with E-state index in [1.54, 1.807) is 0 Å². The predicted octanol–water partition coefficient (Wildman–Crippen LogP) is 3.60. The second kappa shape index (κ2) is 5.04. The number of halogens is 1. The molecule has 1 nitrogen and oxygen atoms in total. The van der Waals surface area contributed by atoms with Gasteiger partial charge in [0.1, 0.15) is 0 Å². The van der Waals surface area contributed by atoms with Crippen molar-refractivity contribution in [2.45, 2.75) is 24.6 Å². The fraction of sp³-hybridized carbons (Fsp3) is 0.364. The molecule has 0 aliphatic carbocycles. The Hall–Kier alpha value is -0.810. The van der Waals surface area contributed by atoms with Gasteiger partial charge in [0.2, 0.25) is 0 Å². The van der Waals surface area contributed by atoms with Gasteiger partial charge in [-0.15, -0.1) is 0 Å². The zero-order valence-electron chi connectivity index (χ0n) is 7.63. The third kappa shape index (κ3) is 2.57. The van der Waals surface area contributed by atoms with Crippen LogP contribution in [0.5, 0.6) is 0 Å². The first-order valence-corrected chi connectivity index (χ1v) is 5.42. The molecule has 0 aromatic heterocycles. The Morgan fingerprint density at radius 3 is 2.77 bits per heavy atom. The number of hydrogen-bond donors (Lipinski definition) is 0. The molecule has 0 bridgehead atoms. The quantitative estimate of drug-likeness (QED) is 0.738. The predicted molar refractivity (Wildman–Crippen MR) is 57.7 cm³/mol. The summed E-state index contributed by atoms with van der Waals surface area (Å²) in [6, 6.07) is 10.4. The second-order valence-corrected chi connectivity index (χ2v) is 3.66. The smallest absolute Gasteiger partial charge is 0.0628 e. The van der Waals surface area contributed by atoms with Crippen molar-refractivity contribution in [3.8, 4) is 6.07 Å². The molecule has 0 heterocycles. The Balaban J connectivity index is 2.93. The van der Waals surface area contributed by atoms with E-state index >= 15 is 0 Å². The maximum atomic E-state index is 8.60. The first-order chi connectivity index (χ1) is 6.29. The van der Waals surface area contributed by atoms with E-state index in [1.807, 2.05) is 12.1 Å². The van der Waals surface area contributed by atoms with E-state index in [-0.39, 0.29) is 0 Å². The second-order valence-electron chi connectivity index (χ2n) is 3.10. The minimum Gasteiger partial charge on any atom is -0.198 e. The molecule has 1 aromatic carbocycles. The van der Waals surface area contributed by atoms with Gasteiger partial charge in [0.25, 0.3) is 0 Å². The van der Waals surface area contributed by atoms with E-state index in [1.165, 1.54) is 11.1 Å². The van der Waals surface area contributed by atoms with E-state index in [4.69, 9.17) is 5.26 Å². The molecule has 0 amide bonds. The van der Waals surface area contributed by atoms with Crippen LogP contribution < -0.4 is 0 Å². The molecular formula is C11H12BrN. The molecule has 0 aliphatic rings. The number of hydrogen-bond acceptors (Lipinski definition) is 1. The maximum absolute atomic E-state index is 8.60. The van der Waals surface area contributed by atoms with E-state index in [2.05, 4.69) is 41.1 Å². The van der Waals surface area contributed by atoms with Crippen LogP contribution in [0.2, 0.25) is 0 Å². The molecule has 1 rings (SSSR count). The van der Waals surface area contributed by atoms with Gasteiger partial charge in [-0.05, 0) is 17.0 Å². The molecular weight excluding hydrogens is 226 g/mol. The van der Waals surface area contributed by atoms with E-state index in [0.29, 0.717) is 12.3 Å². The van der Waals surface area contributed by atoms with Crippen molar-refractivity contribution >= 4 is 15.9 Å². The van der Waals surface area contributed by atoms with Gasteiger partial charge in [-0.3, -0.25) is 0 Å². The zero-order chi connectivity index (χ0) is 9.68. The number of nitrogens with zero attached hydrogens (tertiary/aromatic N) is 1. The molecule has 0 fully saturated rings. The Morgan fingerprint density at radius 1 is 1.46 bits per heavy atom. The van der Waals surface area contributed by atoms with Crippen molar-refractivity contribution in [2.24, 2.45) is 0 Å². The zero-order valence-corrected chi connectivity index (χ0v) is 9.21. The van der Waals surface area contributed by atoms with E-state index in [9.17, 15) is 0 Å². The average molecular weight is 238 g/mol. The van der Waals surface area contributed by atoms with Crippen molar-refractivity contribution in [3.63, 3.8) is 0 Å². The maximum Gasteiger partial charge on any atom is 0.0628 e. The Morgan fingerprint density at radius 2 is 2.15 bits per heavy atom. The minimum atomic E-state index is 0.332. The number of alkyl halides is 1. The lowest BCUT2D eigenvalue weighted by molar-refractivity contribution is 0.781. The van der Waals surface area contributed by atoms with Gasteiger partial charge in [0, 0.05) is 11.8 Å². The summed E-state index contributed by atoms with van der Waals surface area (Å²) in [5, 5.41) is 9.46. The molecule has 1 atom stereocenters. The Labute approximate surface area is 87.5 Å². The van der Waals surface area contributed by atoms with Crippen LogP contribution in [0.15, 0.2) is 24.3 Å². The topological polar surface area (TPSA) is 23.8 Å². The molecule has 13 heavy (non-hydrogen) atoms. The third-order valence-corrected chi connectivity index (χ3v) is 2.73. The molecule has 0 saturated carbocycles. The fourth-order valence-corrected chi connectivity index (χ4v) is 1.89. The summed E-state index contributed by atoms with van der Waals surface area (Å²) in [6.45, 7) is 2.09. The monoisotopic (exact) mass is 237 g/mol. The average Bonchev–Trinajstić information content (AvgIpc) is 2.18. The lowest BCUT2D eigenvalue weighted by Crippen LogP contribution is -1.96. The van der Waals surface area contributed by atoms with Crippen LogP contribution in [0.4, 0.5) is 0 Å². The highest BCUT2D eigenvalue weighted by atomic mass is 79.9. The SMILES string of the molecule is CC(CC#N)c1ccccc1CBr. The van der Waals surface area contributed by atoms with Crippen molar-refractivity contribution < 1.29 is 0 Å². The van der Waals surface area contributed by atoms with Crippen LogP contribution in [-0.4, -0.2) is 0 Å². The molecule has 0 aliphatic heterocycles. The van der Waals surface area contributed by atoms with Gasteiger partial charge >= 0.3 is 0 Å². The summed E-state index contributed by atoms with van der Waals surface area (Å²) in [7, 11) is 0. The van der Waals surface area contributed by atoms with Gasteiger partial charge in [-0.2, -0.15) is 5.26 Å². The number of benzene rings is 1. The van der Waals surface area contributed by atoms with Gasteiger partial charge in [-0.1, -0.05) is 47.1 Å². The molecule has 0 radical (unpaired) electrons. The van der Waals surface area contributed by atoms with Gasteiger partial charge in [-0.25, -0.2) is 0 Å². The highest BCUT2D eigenvalue weighted by Crippen LogP contribution is 2.23. The molecule has 1 unspecified atom stereocenters. The molecule has 2 heteroatoms. The van der Waals surface area contributed by atoms with Crippen LogP contribution >= 0.6 is 15.9 Å². The highest BCUT2D eigenvalue weighted by Gasteiger charge is 2.08. The van der Waals surface area contributed by atoms with Crippen LogP contribution in [-0.2, 0) is 5.33 Å². The summed E-state index contributed by atoms with van der Waals surface area (Å²) in [5.41, 5.74) is 2.56. The van der Waals surface area contributed by atoms with E-state index in [0.717, 1.165) is 5.33 Å². The standard InChI is InChI=1S/C11H12BrN/c1-9(6-7-13)11-5-3-2-4-10(11)8-12/h2-5,9H,6,8H2,1H3. The van der Waals surface area contributed by atoms with Crippen LogP contribution in [0, 0.1) is 11.3 Å². The fourth-order valence-electron chi connectivity index (χ4n) is 1.38. The van der Waals surface area contributed by atoms with Gasteiger partial charge in [0.05, 0.1) is 6.07 Å². The van der Waals surface area contributed by atoms with Crippen LogP contribution in [0.1, 0.15) is 30.4 Å². The largest absolute Gasteiger partial charge is 0.198 e. The molecule has 0 N–H and O–H groups in total. The summed E-state index contributed by atoms with van der Waals surface area (Å²) in [5.74, 6) is 0.332. The van der Waals surface area contributed by atoms with Crippen LogP contribution in [0.3, 0.4) is 0 Å². The summed E-state index contributed by atoms with van der Waals surface area (Å²) in [6.07, 6.45) is 0.587. The molecule has 1 aromatic rings. The molecule has 0 saturated heterocycles. The van der Waals surface area contributed by atoms with Gasteiger partial charge in [0.15, 0.2) is 0 Å². The normalized spacial score (nSPS) is 12.1. The Bertz CT molecular complexity index is 314. The summed E-state index contributed by atoms with van der Waals surface area (Å²) < 4.78 is 0. The van der Waals surface area contributed by atoms with Crippen molar-refractivity contribution in [2.75, 3.05) is 0 Å². The summed E-state index contributed by atoms with van der Waals surface area (Å²) >= 11 is 3.44. The lowest BCUT2D eigenvalue weighted by Gasteiger charge is -2.11. The van der Waals surface area contributed by atoms with Crippen LogP contribution in [0.25, 0.3) is 0 Å². The van der Waals surface area contributed by atoms with Crippen molar-refractivity contribution in [3.05, 3.63) is 35.4 Å². The third-order valence-electron chi connectivity index (χ3n) is 2.13. The first-order valence-electron chi connectivity index (χ1n) is 4.30. The van der Waals surface area contributed by atoms with Crippen molar-refractivity contribution in [1.29, 1.82) is 5.26 Å². The minimum absolute atomic E-state index is 0.332. The Kier molecular flexibility index (Phi) is 3.98. The first kappa shape index (κ1) is 10.3. The molecule has 0 spiro atoms. The van der Waals surface area contributed by atoms with E-state index < -0.39 is 0 Å². The summed E-state index contributed by atoms with van der Waals surface area (Å²) in [4.78, 5) is 0. The van der Waals surface area contributed by atoms with Crippen molar-refractivity contribution in [1.82, 2.24) is 0 Å². The number of rotatable bonds is 3. The molecule has 68 valence electrons.